The van der Waals surface area contributed by atoms with E-state index in [1.807, 2.05) is 0 Å². The fourth-order valence-corrected chi connectivity index (χ4v) is 3.67. The Kier molecular flexibility index (Phi) is 7.98. The van der Waals surface area contributed by atoms with Crippen LogP contribution < -0.4 is 21.1 Å². The second-order valence-electron chi connectivity index (χ2n) is 7.13. The Morgan fingerprint density at radius 1 is 1.21 bits per heavy atom. The predicted molar refractivity (Wildman–Crippen MR) is 117 cm³/mol. The van der Waals surface area contributed by atoms with Gasteiger partial charge in [-0.25, -0.2) is 4.98 Å². The lowest BCUT2D eigenvalue weighted by Gasteiger charge is -2.30. The minimum Gasteiger partial charge on any atom is -0.495 e. The molecule has 1 aromatic carbocycles. The maximum absolute atomic E-state index is 12.4. The molecule has 0 radical (unpaired) electrons. The van der Waals surface area contributed by atoms with E-state index in [-0.39, 0.29) is 17.5 Å². The zero-order valence-electron chi connectivity index (χ0n) is 17.5. The highest BCUT2D eigenvalue weighted by molar-refractivity contribution is 7.14. The van der Waals surface area contributed by atoms with Crippen molar-refractivity contribution in [1.82, 2.24) is 15.2 Å². The highest BCUT2D eigenvalue weighted by Gasteiger charge is 2.16. The molecule has 0 atom stereocenters. The van der Waals surface area contributed by atoms with Crippen molar-refractivity contribution in [1.29, 1.82) is 0 Å². The summed E-state index contributed by atoms with van der Waals surface area (Å²) in [5.41, 5.74) is 6.87. The van der Waals surface area contributed by atoms with Crippen LogP contribution >= 0.6 is 11.3 Å². The van der Waals surface area contributed by atoms with Gasteiger partial charge in [-0.15, -0.1) is 11.3 Å². The number of aromatic nitrogens is 1. The summed E-state index contributed by atoms with van der Waals surface area (Å²) in [6.45, 7) is 9.82. The number of anilines is 2. The molecule has 0 aliphatic carbocycles. The molecule has 2 rings (SSSR count). The van der Waals surface area contributed by atoms with Crippen LogP contribution in [0.3, 0.4) is 0 Å². The van der Waals surface area contributed by atoms with Gasteiger partial charge in [-0.1, -0.05) is 0 Å². The molecule has 0 spiro atoms. The molecule has 0 bridgehead atoms. The maximum Gasteiger partial charge on any atom is 0.270 e. The number of hydrogen-bond acceptors (Lipinski definition) is 7. The molecule has 4 N–H and O–H groups in total. The topological polar surface area (TPSA) is 110 Å². The summed E-state index contributed by atoms with van der Waals surface area (Å²) in [7, 11) is 1.51. The van der Waals surface area contributed by atoms with E-state index in [4.69, 9.17) is 10.5 Å². The van der Waals surface area contributed by atoms with Crippen LogP contribution in [0.4, 0.5) is 10.8 Å². The van der Waals surface area contributed by atoms with E-state index in [1.54, 1.807) is 17.5 Å². The molecular weight excluding hydrogens is 390 g/mol. The number of methoxy groups -OCH3 is 1. The van der Waals surface area contributed by atoms with Gasteiger partial charge in [0.15, 0.2) is 5.13 Å². The van der Waals surface area contributed by atoms with Crippen molar-refractivity contribution in [2.24, 2.45) is 0 Å². The lowest BCUT2D eigenvalue weighted by molar-refractivity contribution is 0.0934. The number of rotatable bonds is 9. The number of thiazole rings is 1. The first-order chi connectivity index (χ1) is 13.7. The highest BCUT2D eigenvalue weighted by Crippen LogP contribution is 2.23. The standard InChI is InChI=1S/C20H29N5O3S/c1-12(2)25(13(3)4)9-8-22-19(27)16-11-29-20(23-16)24-18(26)14-6-7-17(28-5)15(21)10-14/h6-7,10-13H,8-9,21H2,1-5H3,(H,22,27)(H,23,24,26). The van der Waals surface area contributed by atoms with E-state index in [0.29, 0.717) is 40.8 Å². The summed E-state index contributed by atoms with van der Waals surface area (Å²) < 4.78 is 5.09. The van der Waals surface area contributed by atoms with Gasteiger partial charge in [0.25, 0.3) is 11.8 Å². The fourth-order valence-electron chi connectivity index (χ4n) is 2.98. The van der Waals surface area contributed by atoms with Crippen LogP contribution in [0, 0.1) is 0 Å². The van der Waals surface area contributed by atoms with Crippen molar-refractivity contribution in [3.8, 4) is 5.75 Å². The third kappa shape index (κ3) is 6.16. The third-order valence-electron chi connectivity index (χ3n) is 4.43. The number of nitrogens with two attached hydrogens (primary N) is 1. The Morgan fingerprint density at radius 3 is 2.48 bits per heavy atom. The minimum atomic E-state index is -0.356. The Labute approximate surface area is 175 Å². The molecule has 0 aliphatic heterocycles. The van der Waals surface area contributed by atoms with E-state index in [1.165, 1.54) is 24.5 Å². The van der Waals surface area contributed by atoms with E-state index < -0.39 is 0 Å². The van der Waals surface area contributed by atoms with Crippen molar-refractivity contribution < 1.29 is 14.3 Å². The number of benzene rings is 1. The zero-order chi connectivity index (χ0) is 21.6. The van der Waals surface area contributed by atoms with Crippen LogP contribution in [0.15, 0.2) is 23.6 Å². The average Bonchev–Trinajstić information content (AvgIpc) is 3.12. The fraction of sp³-hybridized carbons (Fsp3) is 0.450. The summed E-state index contributed by atoms with van der Waals surface area (Å²) in [6, 6.07) is 5.58. The summed E-state index contributed by atoms with van der Waals surface area (Å²) >= 11 is 1.19. The first-order valence-electron chi connectivity index (χ1n) is 9.47. The molecule has 8 nitrogen and oxygen atoms in total. The normalized spacial score (nSPS) is 11.2. The molecule has 158 valence electrons. The number of carbonyl (C=O) groups is 2. The van der Waals surface area contributed by atoms with Gasteiger partial charge in [-0.2, -0.15) is 0 Å². The first kappa shape index (κ1) is 22.6. The average molecular weight is 420 g/mol. The van der Waals surface area contributed by atoms with E-state index >= 15 is 0 Å². The van der Waals surface area contributed by atoms with Gasteiger partial charge >= 0.3 is 0 Å². The van der Waals surface area contributed by atoms with Crippen molar-refractivity contribution in [2.45, 2.75) is 39.8 Å². The van der Waals surface area contributed by atoms with Crippen molar-refractivity contribution in [3.05, 3.63) is 34.8 Å². The lowest BCUT2D eigenvalue weighted by Crippen LogP contribution is -2.42. The number of hydrogen-bond donors (Lipinski definition) is 3. The highest BCUT2D eigenvalue weighted by atomic mass is 32.1. The van der Waals surface area contributed by atoms with Crippen LogP contribution in [0.2, 0.25) is 0 Å². The monoisotopic (exact) mass is 419 g/mol. The maximum atomic E-state index is 12.4. The summed E-state index contributed by atoms with van der Waals surface area (Å²) in [5.74, 6) is -0.115. The molecule has 29 heavy (non-hydrogen) atoms. The number of ether oxygens (including phenoxy) is 1. The Hall–Kier alpha value is -2.65. The summed E-state index contributed by atoms with van der Waals surface area (Å²) in [6.07, 6.45) is 0. The molecule has 9 heteroatoms. The predicted octanol–water partition coefficient (Wildman–Crippen LogP) is 2.83. The quantitative estimate of drug-likeness (QED) is 0.539. The second-order valence-corrected chi connectivity index (χ2v) is 7.99. The van der Waals surface area contributed by atoms with Crippen molar-refractivity contribution in [3.63, 3.8) is 0 Å². The van der Waals surface area contributed by atoms with Gasteiger partial charge in [0, 0.05) is 36.1 Å². The Bertz CT molecular complexity index is 842. The molecule has 2 amide bonds. The van der Waals surface area contributed by atoms with Gasteiger partial charge in [-0.3, -0.25) is 19.8 Å². The van der Waals surface area contributed by atoms with Crippen LogP contribution in [0.1, 0.15) is 48.5 Å². The van der Waals surface area contributed by atoms with Gasteiger partial charge in [0.2, 0.25) is 0 Å². The molecule has 2 aromatic rings. The number of nitrogens with zero attached hydrogens (tertiary/aromatic N) is 2. The summed E-state index contributed by atoms with van der Waals surface area (Å²) in [5, 5.41) is 7.53. The molecule has 0 saturated carbocycles. The van der Waals surface area contributed by atoms with Crippen LogP contribution in [-0.4, -0.2) is 54.0 Å². The number of nitrogens with one attached hydrogen (secondary N) is 2. The largest absolute Gasteiger partial charge is 0.495 e. The SMILES string of the molecule is COc1ccc(C(=O)Nc2nc(C(=O)NCCN(C(C)C)C(C)C)cs2)cc1N. The lowest BCUT2D eigenvalue weighted by atomic mass is 10.2. The van der Waals surface area contributed by atoms with Crippen LogP contribution in [0.5, 0.6) is 5.75 Å². The zero-order valence-corrected chi connectivity index (χ0v) is 18.3. The van der Waals surface area contributed by atoms with Crippen LogP contribution in [0.25, 0.3) is 0 Å². The molecular formula is C20H29N5O3S. The van der Waals surface area contributed by atoms with Gasteiger partial charge in [-0.05, 0) is 45.9 Å². The van der Waals surface area contributed by atoms with Gasteiger partial charge in [0.1, 0.15) is 11.4 Å². The van der Waals surface area contributed by atoms with E-state index in [2.05, 4.69) is 48.2 Å². The third-order valence-corrected chi connectivity index (χ3v) is 5.19. The van der Waals surface area contributed by atoms with E-state index in [9.17, 15) is 9.59 Å². The number of nitrogen functional groups attached to an aromatic ring is 1. The first-order valence-corrected chi connectivity index (χ1v) is 10.3. The van der Waals surface area contributed by atoms with E-state index in [0.717, 1.165) is 6.54 Å². The van der Waals surface area contributed by atoms with Crippen molar-refractivity contribution >= 4 is 34.0 Å². The van der Waals surface area contributed by atoms with Gasteiger partial charge < -0.3 is 15.8 Å². The molecule has 1 heterocycles. The van der Waals surface area contributed by atoms with Crippen LogP contribution in [-0.2, 0) is 0 Å². The smallest absolute Gasteiger partial charge is 0.270 e. The number of amides is 2. The molecule has 0 fully saturated rings. The van der Waals surface area contributed by atoms with Gasteiger partial charge in [0.05, 0.1) is 12.8 Å². The minimum absolute atomic E-state index is 0.261. The Morgan fingerprint density at radius 2 is 1.90 bits per heavy atom. The second kappa shape index (κ2) is 10.2. The molecule has 0 unspecified atom stereocenters. The van der Waals surface area contributed by atoms with Crippen molar-refractivity contribution in [2.75, 3.05) is 31.2 Å². The summed E-state index contributed by atoms with van der Waals surface area (Å²) in [4.78, 5) is 31.2. The molecule has 0 aliphatic rings. The molecule has 1 aromatic heterocycles. The Balaban J connectivity index is 1.92. The molecule has 0 saturated heterocycles. The number of carbonyl (C=O) groups excluding carboxylic acids is 2.